The van der Waals surface area contributed by atoms with E-state index in [4.69, 9.17) is 10.1 Å². The van der Waals surface area contributed by atoms with Gasteiger partial charge in [0.1, 0.15) is 0 Å². The Balaban J connectivity index is 1.94. The second-order valence-corrected chi connectivity index (χ2v) is 5.48. The van der Waals surface area contributed by atoms with E-state index in [1.54, 1.807) is 0 Å². The number of piperidine rings is 1. The molecule has 2 bridgehead atoms. The second-order valence-electron chi connectivity index (χ2n) is 5.48. The average Bonchev–Trinajstić information content (AvgIpc) is 2.51. The molecule has 2 aliphatic heterocycles. The van der Waals surface area contributed by atoms with Crippen molar-refractivity contribution in [3.8, 4) is 12.1 Å². The predicted molar refractivity (Wildman–Crippen MR) is 60.3 cm³/mol. The van der Waals surface area contributed by atoms with E-state index in [2.05, 4.69) is 17.2 Å². The van der Waals surface area contributed by atoms with Gasteiger partial charge in [0, 0.05) is 6.04 Å². The molecule has 0 aromatic rings. The van der Waals surface area contributed by atoms with E-state index < -0.39 is 0 Å². The molecule has 0 unspecified atom stereocenters. The smallest absolute Gasteiger partial charge is 0.0970 e. The van der Waals surface area contributed by atoms with E-state index in [9.17, 15) is 5.26 Å². The molecule has 3 aliphatic rings. The van der Waals surface area contributed by atoms with Crippen LogP contribution in [0, 0.1) is 28.6 Å². The fourth-order valence-corrected chi connectivity index (χ4v) is 3.98. The quantitative estimate of drug-likeness (QED) is 0.693. The first-order chi connectivity index (χ1) is 8.31. The first-order valence-corrected chi connectivity index (χ1v) is 6.54. The largest absolute Gasteiger partial charge is 0.293 e. The summed E-state index contributed by atoms with van der Waals surface area (Å²) in [6.07, 6.45) is 7.01. The molecule has 2 saturated heterocycles. The lowest BCUT2D eigenvalue weighted by atomic mass is 9.68. The Morgan fingerprint density at radius 1 is 1.24 bits per heavy atom. The molecule has 3 fully saturated rings. The van der Waals surface area contributed by atoms with Crippen molar-refractivity contribution >= 4 is 0 Å². The molecule has 1 spiro atoms. The van der Waals surface area contributed by atoms with E-state index in [1.807, 2.05) is 0 Å². The molecule has 17 heavy (non-hydrogen) atoms. The van der Waals surface area contributed by atoms with Crippen molar-refractivity contribution < 1.29 is 4.84 Å². The maximum atomic E-state index is 9.40. The van der Waals surface area contributed by atoms with Crippen LogP contribution in [0.4, 0.5) is 0 Å². The van der Waals surface area contributed by atoms with Crippen LogP contribution in [0.15, 0.2) is 0 Å². The minimum Gasteiger partial charge on any atom is -0.293 e. The highest BCUT2D eigenvalue weighted by Gasteiger charge is 2.60. The molecule has 3 rings (SSSR count). The summed E-state index contributed by atoms with van der Waals surface area (Å²) in [6, 6.07) is 4.93. The van der Waals surface area contributed by atoms with Crippen molar-refractivity contribution in [3.63, 3.8) is 0 Å². The van der Waals surface area contributed by atoms with E-state index in [1.165, 1.54) is 0 Å². The molecule has 0 amide bonds. The second kappa shape index (κ2) is 3.98. The molecule has 0 aromatic carbocycles. The van der Waals surface area contributed by atoms with Gasteiger partial charge in [-0.3, -0.25) is 4.84 Å². The van der Waals surface area contributed by atoms with Crippen LogP contribution in [0.25, 0.3) is 0 Å². The van der Waals surface area contributed by atoms with Gasteiger partial charge >= 0.3 is 0 Å². The van der Waals surface area contributed by atoms with Crippen LogP contribution in [0.1, 0.15) is 44.9 Å². The zero-order valence-corrected chi connectivity index (χ0v) is 9.93. The number of rotatable bonds is 1. The average molecular weight is 231 g/mol. The van der Waals surface area contributed by atoms with Crippen LogP contribution in [-0.2, 0) is 4.84 Å². The number of hydrogen-bond donors (Lipinski definition) is 0. The highest BCUT2D eigenvalue weighted by atomic mass is 16.7. The van der Waals surface area contributed by atoms with Gasteiger partial charge in [-0.05, 0) is 38.5 Å². The molecule has 4 atom stereocenters. The van der Waals surface area contributed by atoms with E-state index >= 15 is 0 Å². The van der Waals surface area contributed by atoms with Crippen LogP contribution in [0.3, 0.4) is 0 Å². The topological polar surface area (TPSA) is 60.0 Å². The van der Waals surface area contributed by atoms with Gasteiger partial charge in [-0.25, -0.2) is 0 Å². The van der Waals surface area contributed by atoms with E-state index in [0.717, 1.165) is 38.5 Å². The first-order valence-electron chi connectivity index (χ1n) is 6.54. The predicted octanol–water partition coefficient (Wildman–Crippen LogP) is 2.13. The number of hydroxylamine groups is 2. The highest BCUT2D eigenvalue weighted by Crippen LogP contribution is 2.53. The summed E-state index contributed by atoms with van der Waals surface area (Å²) in [6.45, 7) is 0. The van der Waals surface area contributed by atoms with Crippen molar-refractivity contribution in [2.45, 2.75) is 62.6 Å². The summed E-state index contributed by atoms with van der Waals surface area (Å²) in [5, 5.41) is 20.4. The summed E-state index contributed by atoms with van der Waals surface area (Å²) < 4.78 is 0. The summed E-state index contributed by atoms with van der Waals surface area (Å²) in [5.41, 5.74) is -0.0720. The molecule has 4 nitrogen and oxygen atoms in total. The van der Waals surface area contributed by atoms with Gasteiger partial charge in [-0.2, -0.15) is 15.6 Å². The van der Waals surface area contributed by atoms with Gasteiger partial charge in [0.05, 0.1) is 36.1 Å². The molecule has 0 aromatic heterocycles. The van der Waals surface area contributed by atoms with Crippen molar-refractivity contribution in [1.29, 1.82) is 10.5 Å². The molecule has 0 N–H and O–H groups in total. The fraction of sp³-hybridized carbons (Fsp3) is 0.846. The summed E-state index contributed by atoms with van der Waals surface area (Å²) >= 11 is 0. The molecule has 1 saturated carbocycles. The third kappa shape index (κ3) is 1.41. The molecule has 4 heteroatoms. The summed E-state index contributed by atoms with van der Waals surface area (Å²) in [5.74, 6) is 0.0118. The Bertz CT molecular complexity index is 392. The number of hydrogen-bond acceptors (Lipinski definition) is 4. The normalized spacial score (nSPS) is 44.7. The lowest BCUT2D eigenvalue weighted by molar-refractivity contribution is -0.220. The Labute approximate surface area is 102 Å². The Morgan fingerprint density at radius 2 is 2.00 bits per heavy atom. The van der Waals surface area contributed by atoms with Crippen molar-refractivity contribution in [2.24, 2.45) is 5.92 Å². The maximum Gasteiger partial charge on any atom is 0.0970 e. The number of nitrogens with zero attached hydrogens (tertiary/aromatic N) is 3. The third-order valence-corrected chi connectivity index (χ3v) is 4.68. The van der Waals surface area contributed by atoms with Gasteiger partial charge in [-0.15, -0.1) is 0 Å². The van der Waals surface area contributed by atoms with Gasteiger partial charge in [-0.1, -0.05) is 0 Å². The Morgan fingerprint density at radius 3 is 2.71 bits per heavy atom. The number of fused-ring (bicyclic) bond motifs is 1. The molecular formula is C13H17N3O. The van der Waals surface area contributed by atoms with Gasteiger partial charge in [0.15, 0.2) is 0 Å². The van der Waals surface area contributed by atoms with Crippen LogP contribution < -0.4 is 0 Å². The fourth-order valence-electron chi connectivity index (χ4n) is 3.98. The minimum atomic E-state index is -0.0720. The SMILES string of the molecule is N#CC[C@@H]1CCC[C@]23CCC[C@H](ON12)[C@H]3C#N. The zero-order chi connectivity index (χ0) is 11.9. The van der Waals surface area contributed by atoms with Crippen LogP contribution in [0.2, 0.25) is 0 Å². The van der Waals surface area contributed by atoms with E-state index in [-0.39, 0.29) is 23.6 Å². The minimum absolute atomic E-state index is 0.0118. The lowest BCUT2D eigenvalue weighted by Crippen LogP contribution is -2.55. The van der Waals surface area contributed by atoms with Crippen LogP contribution >= 0.6 is 0 Å². The molecule has 2 heterocycles. The first kappa shape index (κ1) is 11.0. The Kier molecular flexibility index (Phi) is 2.58. The maximum absolute atomic E-state index is 9.40. The van der Waals surface area contributed by atoms with E-state index in [0.29, 0.717) is 6.42 Å². The third-order valence-electron chi connectivity index (χ3n) is 4.68. The monoisotopic (exact) mass is 231 g/mol. The van der Waals surface area contributed by atoms with Crippen LogP contribution in [0.5, 0.6) is 0 Å². The molecular weight excluding hydrogens is 214 g/mol. The molecule has 1 aliphatic carbocycles. The number of nitriles is 2. The Hall–Kier alpha value is -1.10. The standard InChI is InChI=1S/C13H17N3O/c14-8-5-10-3-1-6-13-7-2-4-12(11(13)9-15)17-16(10)13/h10-12H,1-7H2/t10-,11+,12-,13+/m0/s1. The van der Waals surface area contributed by atoms with Crippen molar-refractivity contribution in [2.75, 3.05) is 0 Å². The van der Waals surface area contributed by atoms with Gasteiger partial charge in [0.25, 0.3) is 0 Å². The molecule has 0 radical (unpaired) electrons. The zero-order valence-electron chi connectivity index (χ0n) is 9.93. The van der Waals surface area contributed by atoms with Crippen molar-refractivity contribution in [3.05, 3.63) is 0 Å². The highest BCUT2D eigenvalue weighted by molar-refractivity contribution is 5.15. The lowest BCUT2D eigenvalue weighted by Gasteiger charge is -2.46. The van der Waals surface area contributed by atoms with Crippen LogP contribution in [-0.4, -0.2) is 22.7 Å². The van der Waals surface area contributed by atoms with Gasteiger partial charge < -0.3 is 0 Å². The summed E-state index contributed by atoms with van der Waals surface area (Å²) in [7, 11) is 0. The molecule has 90 valence electrons. The van der Waals surface area contributed by atoms with Gasteiger partial charge in [0.2, 0.25) is 0 Å². The summed E-state index contributed by atoms with van der Waals surface area (Å²) in [4.78, 5) is 6.01. The van der Waals surface area contributed by atoms with Crippen molar-refractivity contribution in [1.82, 2.24) is 5.06 Å².